The number of hydrogen-bond donors (Lipinski definition) is 0. The van der Waals surface area contributed by atoms with Crippen molar-refractivity contribution < 1.29 is 0 Å². The second-order valence-corrected chi connectivity index (χ2v) is 5.52. The molecule has 0 spiro atoms. The minimum absolute atomic E-state index is 1.33. The molecule has 0 radical (unpaired) electrons. The topological polar surface area (TPSA) is 0 Å². The molecule has 12 heavy (non-hydrogen) atoms. The molecule has 0 atom stereocenters. The van der Waals surface area contributed by atoms with E-state index < -0.39 is 0 Å². The fraction of sp³-hybridized carbons (Fsp3) is 0.600. The number of thiophene rings is 1. The van der Waals surface area contributed by atoms with Crippen LogP contribution in [0.25, 0.3) is 0 Å². The van der Waals surface area contributed by atoms with Crippen molar-refractivity contribution in [1.82, 2.24) is 0 Å². The summed E-state index contributed by atoms with van der Waals surface area (Å²) in [7, 11) is 0. The van der Waals surface area contributed by atoms with E-state index in [0.29, 0.717) is 0 Å². The molecule has 0 amide bonds. The number of rotatable bonds is 1. The summed E-state index contributed by atoms with van der Waals surface area (Å²) < 4.78 is 1.50. The lowest BCUT2D eigenvalue weighted by Crippen LogP contribution is -1.80. The second kappa shape index (κ2) is 3.84. The summed E-state index contributed by atoms with van der Waals surface area (Å²) in [6, 6.07) is 2.40. The highest BCUT2D eigenvalue weighted by molar-refractivity contribution is 8.00. The van der Waals surface area contributed by atoms with Crippen molar-refractivity contribution in [1.29, 1.82) is 0 Å². The van der Waals surface area contributed by atoms with Gasteiger partial charge in [0, 0.05) is 4.88 Å². The van der Waals surface area contributed by atoms with Crippen LogP contribution in [0.1, 0.15) is 29.7 Å². The number of aryl methyl sites for hydroxylation is 2. The molecule has 2 heteroatoms. The number of fused-ring (bicyclic) bond motifs is 1. The van der Waals surface area contributed by atoms with Crippen LogP contribution in [0.3, 0.4) is 0 Å². The van der Waals surface area contributed by atoms with E-state index in [2.05, 4.69) is 12.3 Å². The maximum Gasteiger partial charge on any atom is 0.0601 e. The third kappa shape index (κ3) is 1.69. The average molecular weight is 198 g/mol. The normalized spacial score (nSPS) is 17.1. The largest absolute Gasteiger partial charge is 0.134 e. The van der Waals surface area contributed by atoms with Gasteiger partial charge in [0.15, 0.2) is 0 Å². The molecule has 0 N–H and O–H groups in total. The summed E-state index contributed by atoms with van der Waals surface area (Å²) in [4.78, 5) is 1.66. The molecule has 1 heterocycles. The fourth-order valence-corrected chi connectivity index (χ4v) is 3.62. The lowest BCUT2D eigenvalue weighted by atomic mass is 10.2. The maximum absolute atomic E-state index is 2.40. The Hall–Kier alpha value is 0.0500. The molecule has 1 aromatic heterocycles. The molecule has 0 aromatic carbocycles. The van der Waals surface area contributed by atoms with Gasteiger partial charge in [-0.1, -0.05) is 6.42 Å². The van der Waals surface area contributed by atoms with Gasteiger partial charge in [-0.2, -0.15) is 0 Å². The van der Waals surface area contributed by atoms with Crippen LogP contribution in [-0.2, 0) is 12.8 Å². The van der Waals surface area contributed by atoms with E-state index in [-0.39, 0.29) is 0 Å². The summed E-state index contributed by atoms with van der Waals surface area (Å²) in [5, 5.41) is 0. The Morgan fingerprint density at radius 1 is 1.25 bits per heavy atom. The lowest BCUT2D eigenvalue weighted by Gasteiger charge is -1.92. The molecule has 0 unspecified atom stereocenters. The molecule has 2 rings (SSSR count). The molecular formula is C10H14S2. The predicted octanol–water partition coefficient (Wildman–Crippen LogP) is 3.74. The molecule has 1 aliphatic carbocycles. The average Bonchev–Trinajstić information content (AvgIpc) is 2.37. The van der Waals surface area contributed by atoms with Crippen LogP contribution >= 0.6 is 23.1 Å². The summed E-state index contributed by atoms with van der Waals surface area (Å²) in [6.07, 6.45) is 9.06. The molecular weight excluding hydrogens is 184 g/mol. The zero-order chi connectivity index (χ0) is 8.39. The highest BCUT2D eigenvalue weighted by Gasteiger charge is 2.11. The van der Waals surface area contributed by atoms with E-state index >= 15 is 0 Å². The monoisotopic (exact) mass is 198 g/mol. The van der Waals surface area contributed by atoms with Gasteiger partial charge in [-0.25, -0.2) is 0 Å². The zero-order valence-corrected chi connectivity index (χ0v) is 9.06. The van der Waals surface area contributed by atoms with Crippen molar-refractivity contribution in [3.63, 3.8) is 0 Å². The Morgan fingerprint density at radius 3 is 2.92 bits per heavy atom. The molecule has 66 valence electrons. The summed E-state index contributed by atoms with van der Waals surface area (Å²) >= 11 is 3.90. The van der Waals surface area contributed by atoms with Gasteiger partial charge in [0.25, 0.3) is 0 Å². The van der Waals surface area contributed by atoms with Gasteiger partial charge in [-0.3, -0.25) is 0 Å². The second-order valence-electron chi connectivity index (χ2n) is 3.28. The Balaban J connectivity index is 2.26. The van der Waals surface area contributed by atoms with Crippen molar-refractivity contribution in [2.45, 2.75) is 36.3 Å². The van der Waals surface area contributed by atoms with E-state index in [9.17, 15) is 0 Å². The minimum atomic E-state index is 1.33. The molecule has 1 aromatic rings. The van der Waals surface area contributed by atoms with Crippen molar-refractivity contribution in [2.24, 2.45) is 0 Å². The smallest absolute Gasteiger partial charge is 0.0601 e. The van der Waals surface area contributed by atoms with E-state index in [4.69, 9.17) is 0 Å². The zero-order valence-electron chi connectivity index (χ0n) is 7.43. The minimum Gasteiger partial charge on any atom is -0.134 e. The summed E-state index contributed by atoms with van der Waals surface area (Å²) in [6.45, 7) is 0. The van der Waals surface area contributed by atoms with E-state index in [0.717, 1.165) is 0 Å². The van der Waals surface area contributed by atoms with Crippen LogP contribution in [0.2, 0.25) is 0 Å². The fourth-order valence-electron chi connectivity index (χ4n) is 1.74. The Bertz CT molecular complexity index is 239. The van der Waals surface area contributed by atoms with Crippen molar-refractivity contribution >= 4 is 23.1 Å². The highest BCUT2D eigenvalue weighted by atomic mass is 32.2. The van der Waals surface area contributed by atoms with Crippen LogP contribution < -0.4 is 0 Å². The third-order valence-corrected chi connectivity index (χ3v) is 4.73. The Morgan fingerprint density at radius 2 is 2.08 bits per heavy atom. The molecule has 0 bridgehead atoms. The quantitative estimate of drug-likeness (QED) is 0.489. The predicted molar refractivity (Wildman–Crippen MR) is 57.4 cm³/mol. The van der Waals surface area contributed by atoms with Crippen LogP contribution in [0, 0.1) is 0 Å². The maximum atomic E-state index is 2.40. The molecule has 0 nitrogen and oxygen atoms in total. The first-order valence-electron chi connectivity index (χ1n) is 4.56. The van der Waals surface area contributed by atoms with Gasteiger partial charge in [0.05, 0.1) is 4.21 Å². The molecule has 1 aliphatic rings. The standard InChI is InChI=1S/C10H14S2/c1-11-10-7-8-5-3-2-4-6-9(8)12-10/h7H,2-6H2,1H3. The van der Waals surface area contributed by atoms with Gasteiger partial charge in [-0.05, 0) is 43.6 Å². The van der Waals surface area contributed by atoms with E-state index in [1.165, 1.54) is 36.3 Å². The van der Waals surface area contributed by atoms with Crippen molar-refractivity contribution in [3.8, 4) is 0 Å². The SMILES string of the molecule is CSc1cc2c(s1)CCCCC2. The molecule has 0 saturated carbocycles. The Labute approximate surface area is 82.4 Å². The van der Waals surface area contributed by atoms with Gasteiger partial charge >= 0.3 is 0 Å². The van der Waals surface area contributed by atoms with Gasteiger partial charge < -0.3 is 0 Å². The van der Waals surface area contributed by atoms with Gasteiger partial charge in [0.1, 0.15) is 0 Å². The van der Waals surface area contributed by atoms with Crippen LogP contribution in [-0.4, -0.2) is 6.26 Å². The molecule has 0 aliphatic heterocycles. The summed E-state index contributed by atoms with van der Waals surface area (Å²) in [5.74, 6) is 0. The third-order valence-electron chi connectivity index (χ3n) is 2.43. The number of hydrogen-bond acceptors (Lipinski definition) is 2. The van der Waals surface area contributed by atoms with E-state index in [1.54, 1.807) is 10.4 Å². The molecule has 0 saturated heterocycles. The van der Waals surface area contributed by atoms with Crippen LogP contribution in [0.4, 0.5) is 0 Å². The Kier molecular flexibility index (Phi) is 2.76. The van der Waals surface area contributed by atoms with Gasteiger partial charge in [0.2, 0.25) is 0 Å². The molecule has 0 fully saturated rings. The first kappa shape index (κ1) is 8.64. The number of thioether (sulfide) groups is 1. The van der Waals surface area contributed by atoms with Gasteiger partial charge in [-0.15, -0.1) is 23.1 Å². The van der Waals surface area contributed by atoms with E-state index in [1.807, 2.05) is 23.1 Å². The lowest BCUT2D eigenvalue weighted by molar-refractivity contribution is 0.712. The van der Waals surface area contributed by atoms with Crippen LogP contribution in [0.5, 0.6) is 0 Å². The van der Waals surface area contributed by atoms with Crippen molar-refractivity contribution in [2.75, 3.05) is 6.26 Å². The van der Waals surface area contributed by atoms with Crippen LogP contribution in [0.15, 0.2) is 10.3 Å². The summed E-state index contributed by atoms with van der Waals surface area (Å²) in [5.41, 5.74) is 1.64. The first-order chi connectivity index (χ1) is 5.90. The first-order valence-corrected chi connectivity index (χ1v) is 6.60. The highest BCUT2D eigenvalue weighted by Crippen LogP contribution is 2.33. The van der Waals surface area contributed by atoms with Crippen molar-refractivity contribution in [3.05, 3.63) is 16.5 Å².